The third-order valence-electron chi connectivity index (χ3n) is 8.10. The number of benzene rings is 2. The van der Waals surface area contributed by atoms with Gasteiger partial charge in [0.05, 0.1) is 30.6 Å². The molecule has 4 aromatic rings. The summed E-state index contributed by atoms with van der Waals surface area (Å²) in [5.74, 6) is -1.15. The van der Waals surface area contributed by atoms with E-state index in [4.69, 9.17) is 4.74 Å². The molecule has 2 fully saturated rings. The highest BCUT2D eigenvalue weighted by atomic mass is 19.1. The lowest BCUT2D eigenvalue weighted by atomic mass is 9.87. The van der Waals surface area contributed by atoms with Crippen molar-refractivity contribution in [2.45, 2.75) is 56.7 Å². The van der Waals surface area contributed by atoms with Crippen LogP contribution < -0.4 is 10.1 Å². The second kappa shape index (κ2) is 10.4. The molecule has 1 unspecified atom stereocenters. The van der Waals surface area contributed by atoms with Crippen LogP contribution in [0.4, 0.5) is 8.78 Å². The van der Waals surface area contributed by atoms with E-state index in [1.54, 1.807) is 12.1 Å². The molecule has 2 aliphatic carbocycles. The van der Waals surface area contributed by atoms with Gasteiger partial charge in [-0.25, -0.2) is 13.8 Å². The molecule has 42 heavy (non-hydrogen) atoms. The zero-order valence-corrected chi connectivity index (χ0v) is 23.6. The van der Waals surface area contributed by atoms with E-state index < -0.39 is 28.7 Å². The standard InChI is InChI=1S/C32H32F2N4O4/c1-31(2,40)23-15-26(36-29(27(23)34)18-6-10-22(33)11-7-18)32(41,21-8-9-21)16-35-30(39)20-12-19-13-24(17-4-5-17)37-38-28(19)25(14-20)42-3/h6-7,10-15,17,21,40-41H,4-5,8-9,16H2,1-3H3,(H,35,39). The Kier molecular flexibility index (Phi) is 6.93. The topological polar surface area (TPSA) is 117 Å². The number of fused-ring (bicyclic) bond motifs is 1. The molecule has 218 valence electrons. The molecule has 2 saturated carbocycles. The van der Waals surface area contributed by atoms with Crippen LogP contribution in [0.3, 0.4) is 0 Å². The monoisotopic (exact) mass is 574 g/mol. The van der Waals surface area contributed by atoms with E-state index in [0.717, 1.165) is 23.9 Å². The van der Waals surface area contributed by atoms with E-state index in [9.17, 15) is 19.4 Å². The fourth-order valence-corrected chi connectivity index (χ4v) is 5.33. The van der Waals surface area contributed by atoms with Crippen molar-refractivity contribution in [2.24, 2.45) is 5.92 Å². The lowest BCUT2D eigenvalue weighted by molar-refractivity contribution is 0.00864. The number of hydrogen-bond acceptors (Lipinski definition) is 7. The Morgan fingerprint density at radius 3 is 2.36 bits per heavy atom. The number of methoxy groups -OCH3 is 1. The van der Waals surface area contributed by atoms with E-state index in [0.29, 0.717) is 41.2 Å². The molecule has 1 atom stereocenters. The van der Waals surface area contributed by atoms with E-state index in [2.05, 4.69) is 20.5 Å². The van der Waals surface area contributed by atoms with Crippen LogP contribution in [0.25, 0.3) is 22.2 Å². The van der Waals surface area contributed by atoms with E-state index >= 15 is 4.39 Å². The number of nitrogens with zero attached hydrogens (tertiary/aromatic N) is 3. The molecule has 8 nitrogen and oxygen atoms in total. The molecule has 0 aliphatic heterocycles. The molecule has 10 heteroatoms. The van der Waals surface area contributed by atoms with Gasteiger partial charge in [-0.2, -0.15) is 5.10 Å². The highest BCUT2D eigenvalue weighted by Crippen LogP contribution is 2.46. The van der Waals surface area contributed by atoms with Gasteiger partial charge in [0.1, 0.15) is 28.4 Å². The first-order chi connectivity index (χ1) is 20.0. The number of amides is 1. The molecule has 3 N–H and O–H groups in total. The highest BCUT2D eigenvalue weighted by Gasteiger charge is 2.47. The van der Waals surface area contributed by atoms with Gasteiger partial charge in [-0.15, -0.1) is 5.10 Å². The average Bonchev–Trinajstić information content (AvgIpc) is 3.88. The van der Waals surface area contributed by atoms with Crippen molar-refractivity contribution in [2.75, 3.05) is 13.7 Å². The van der Waals surface area contributed by atoms with Crippen molar-refractivity contribution in [3.63, 3.8) is 0 Å². The maximum atomic E-state index is 15.7. The molecular weight excluding hydrogens is 542 g/mol. The van der Waals surface area contributed by atoms with Gasteiger partial charge in [-0.1, -0.05) is 0 Å². The number of carbonyl (C=O) groups is 1. The Labute approximate surface area is 241 Å². The quantitative estimate of drug-likeness (QED) is 0.254. The summed E-state index contributed by atoms with van der Waals surface area (Å²) in [5, 5.41) is 35.0. The van der Waals surface area contributed by atoms with Crippen molar-refractivity contribution in [1.29, 1.82) is 0 Å². The van der Waals surface area contributed by atoms with Crippen LogP contribution >= 0.6 is 0 Å². The second-order valence-electron chi connectivity index (χ2n) is 11.8. The van der Waals surface area contributed by atoms with Gasteiger partial charge >= 0.3 is 0 Å². The van der Waals surface area contributed by atoms with Crippen molar-refractivity contribution in [3.05, 3.63) is 82.7 Å². The van der Waals surface area contributed by atoms with Gasteiger partial charge in [0.15, 0.2) is 5.82 Å². The second-order valence-corrected chi connectivity index (χ2v) is 11.8. The van der Waals surface area contributed by atoms with Gasteiger partial charge in [0.25, 0.3) is 5.91 Å². The number of nitrogens with one attached hydrogen (secondary N) is 1. The average molecular weight is 575 g/mol. The molecule has 2 aromatic carbocycles. The predicted octanol–water partition coefficient (Wildman–Crippen LogP) is 5.11. The van der Waals surface area contributed by atoms with Crippen LogP contribution in [-0.2, 0) is 11.2 Å². The minimum atomic E-state index is -1.65. The molecule has 2 heterocycles. The van der Waals surface area contributed by atoms with Crippen molar-refractivity contribution in [1.82, 2.24) is 20.5 Å². The number of hydrogen-bond donors (Lipinski definition) is 3. The Bertz CT molecular complexity index is 1680. The van der Waals surface area contributed by atoms with Crippen molar-refractivity contribution in [3.8, 4) is 17.0 Å². The van der Waals surface area contributed by atoms with Crippen molar-refractivity contribution < 1.29 is 28.5 Å². The molecule has 0 spiro atoms. The van der Waals surface area contributed by atoms with Crippen LogP contribution in [0.1, 0.15) is 72.8 Å². The van der Waals surface area contributed by atoms with Gasteiger partial charge in [0, 0.05) is 28.0 Å². The third-order valence-corrected chi connectivity index (χ3v) is 8.10. The molecule has 2 aromatic heterocycles. The molecule has 0 bridgehead atoms. The van der Waals surface area contributed by atoms with E-state index in [1.807, 2.05) is 6.07 Å². The molecule has 6 rings (SSSR count). The van der Waals surface area contributed by atoms with E-state index in [1.165, 1.54) is 51.3 Å². The number of pyridine rings is 1. The predicted molar refractivity (Wildman–Crippen MR) is 152 cm³/mol. The van der Waals surface area contributed by atoms with Gasteiger partial charge < -0.3 is 20.3 Å². The zero-order valence-electron chi connectivity index (χ0n) is 23.6. The summed E-state index contributed by atoms with van der Waals surface area (Å²) < 4.78 is 34.8. The maximum Gasteiger partial charge on any atom is 0.251 e. The Hall–Kier alpha value is -4.02. The van der Waals surface area contributed by atoms with Crippen LogP contribution in [0.2, 0.25) is 0 Å². The molecule has 1 amide bonds. The first-order valence-corrected chi connectivity index (χ1v) is 14.0. The summed E-state index contributed by atoms with van der Waals surface area (Å²) in [6.07, 6.45) is 3.49. The molecular formula is C32H32F2N4O4. The fraction of sp³-hybridized carbons (Fsp3) is 0.375. The van der Waals surface area contributed by atoms with Gasteiger partial charge in [-0.3, -0.25) is 4.79 Å². The minimum absolute atomic E-state index is 0.0657. The first kappa shape index (κ1) is 28.1. The smallest absolute Gasteiger partial charge is 0.251 e. The highest BCUT2D eigenvalue weighted by molar-refractivity contribution is 6.00. The van der Waals surface area contributed by atoms with Gasteiger partial charge in [-0.05, 0) is 94.0 Å². The number of carbonyl (C=O) groups excluding carboxylic acids is 1. The number of ether oxygens (including phenoxy) is 1. The summed E-state index contributed by atoms with van der Waals surface area (Å²) in [7, 11) is 1.50. The largest absolute Gasteiger partial charge is 0.494 e. The lowest BCUT2D eigenvalue weighted by Crippen LogP contribution is -2.43. The normalized spacial score (nSPS) is 16.7. The van der Waals surface area contributed by atoms with Crippen LogP contribution in [0, 0.1) is 17.6 Å². The third kappa shape index (κ3) is 5.32. The summed E-state index contributed by atoms with van der Waals surface area (Å²) in [5.41, 5.74) is -1.28. The SMILES string of the molecule is COc1cc(C(=O)NCC(O)(c2cc(C(C)(C)O)c(F)c(-c3ccc(F)cc3)n2)C2CC2)cc2cc(C3CC3)nnc12. The Balaban J connectivity index is 1.35. The van der Waals surface area contributed by atoms with Crippen LogP contribution in [-0.4, -0.2) is 45.0 Å². The fourth-order valence-electron chi connectivity index (χ4n) is 5.33. The van der Waals surface area contributed by atoms with Crippen LogP contribution in [0.15, 0.2) is 48.5 Å². The number of aliphatic hydroxyl groups is 2. The van der Waals surface area contributed by atoms with Crippen LogP contribution in [0.5, 0.6) is 5.75 Å². The zero-order chi connectivity index (χ0) is 29.8. The summed E-state index contributed by atoms with van der Waals surface area (Å²) >= 11 is 0. The number of aromatic nitrogens is 3. The Morgan fingerprint density at radius 1 is 1.02 bits per heavy atom. The lowest BCUT2D eigenvalue weighted by Gasteiger charge is -2.31. The Morgan fingerprint density at radius 2 is 1.74 bits per heavy atom. The maximum absolute atomic E-state index is 15.7. The van der Waals surface area contributed by atoms with Crippen molar-refractivity contribution >= 4 is 16.8 Å². The molecule has 0 saturated heterocycles. The van der Waals surface area contributed by atoms with E-state index in [-0.39, 0.29) is 29.4 Å². The summed E-state index contributed by atoms with van der Waals surface area (Å²) in [6, 6.07) is 11.7. The molecule has 2 aliphatic rings. The van der Waals surface area contributed by atoms with Gasteiger partial charge in [0.2, 0.25) is 0 Å². The first-order valence-electron chi connectivity index (χ1n) is 14.0. The molecule has 0 radical (unpaired) electrons. The number of rotatable bonds is 9. The summed E-state index contributed by atoms with van der Waals surface area (Å²) in [4.78, 5) is 17.9. The minimum Gasteiger partial charge on any atom is -0.494 e. The summed E-state index contributed by atoms with van der Waals surface area (Å²) in [6.45, 7) is 2.67. The number of halogens is 2.